The quantitative estimate of drug-likeness (QED) is 0.349. The number of anilines is 2. The van der Waals surface area contributed by atoms with Crippen molar-refractivity contribution in [1.82, 2.24) is 24.8 Å². The van der Waals surface area contributed by atoms with Crippen molar-refractivity contribution < 1.29 is 13.6 Å². The summed E-state index contributed by atoms with van der Waals surface area (Å²) < 4.78 is 27.3. The minimum atomic E-state index is -1.09. The molecule has 11 heteroatoms. The maximum absolute atomic E-state index is 13.7. The van der Waals surface area contributed by atoms with Gasteiger partial charge in [0.1, 0.15) is 5.82 Å². The molecule has 4 heterocycles. The Hall–Kier alpha value is -4.80. The van der Waals surface area contributed by atoms with E-state index in [1.165, 1.54) is 0 Å². The lowest BCUT2D eigenvalue weighted by Crippen LogP contribution is -2.49. The average molecular weight is 501 g/mol. The van der Waals surface area contributed by atoms with Crippen LogP contribution in [0.1, 0.15) is 10.4 Å². The molecule has 3 aromatic heterocycles. The molecule has 0 saturated carbocycles. The molecule has 2 aromatic carbocycles. The fourth-order valence-electron chi connectivity index (χ4n) is 4.65. The van der Waals surface area contributed by atoms with Crippen LogP contribution in [0.2, 0.25) is 0 Å². The predicted molar refractivity (Wildman–Crippen MR) is 136 cm³/mol. The molecule has 0 radical (unpaired) electrons. The van der Waals surface area contributed by atoms with Gasteiger partial charge < -0.3 is 25.5 Å². The van der Waals surface area contributed by atoms with Gasteiger partial charge in [-0.3, -0.25) is 9.59 Å². The van der Waals surface area contributed by atoms with Gasteiger partial charge in [-0.05, 0) is 30.3 Å². The number of benzene rings is 2. The summed E-state index contributed by atoms with van der Waals surface area (Å²) in [4.78, 5) is 44.0. The molecule has 1 aliphatic heterocycles. The van der Waals surface area contributed by atoms with Crippen LogP contribution in [-0.2, 0) is 0 Å². The number of piperazine rings is 1. The monoisotopic (exact) mass is 501 g/mol. The Morgan fingerprint density at radius 3 is 2.49 bits per heavy atom. The topological polar surface area (TPSA) is 124 Å². The second-order valence-electron chi connectivity index (χ2n) is 8.84. The number of nitrogen functional groups attached to an aromatic ring is 1. The first-order chi connectivity index (χ1) is 17.9. The van der Waals surface area contributed by atoms with Crippen molar-refractivity contribution >= 4 is 39.3 Å². The molecular weight excluding hydrogens is 480 g/mol. The first kappa shape index (κ1) is 22.7. The van der Waals surface area contributed by atoms with Gasteiger partial charge in [0.25, 0.3) is 11.5 Å². The minimum absolute atomic E-state index is 0.0641. The van der Waals surface area contributed by atoms with E-state index in [4.69, 9.17) is 5.73 Å². The standard InChI is InChI=1S/C26H21F2N7O2/c27-16-12-19-20(13-17(16)28)33-25(36)24(32-19)23-22(29)15-5-4-14(11-18(15)31-23)26(37)35-9-7-34(8-10-35)21-3-1-2-6-30-21/h1-6,11-13,31H,7-10,29H2,(H,33,36). The van der Waals surface area contributed by atoms with Crippen molar-refractivity contribution in [3.05, 3.63) is 82.3 Å². The number of aromatic nitrogens is 4. The van der Waals surface area contributed by atoms with E-state index in [1.807, 2.05) is 18.2 Å². The van der Waals surface area contributed by atoms with Crippen LogP contribution in [0.4, 0.5) is 20.3 Å². The summed E-state index contributed by atoms with van der Waals surface area (Å²) in [6.07, 6.45) is 1.75. The number of fused-ring (bicyclic) bond motifs is 2. The molecule has 0 aliphatic carbocycles. The summed E-state index contributed by atoms with van der Waals surface area (Å²) in [5, 5.41) is 0.609. The van der Waals surface area contributed by atoms with Gasteiger partial charge in [0.05, 0.1) is 22.4 Å². The van der Waals surface area contributed by atoms with Crippen molar-refractivity contribution in [3.8, 4) is 11.4 Å². The van der Waals surface area contributed by atoms with E-state index in [0.717, 1.165) is 18.0 Å². The molecule has 1 aliphatic rings. The van der Waals surface area contributed by atoms with Gasteiger partial charge in [0.2, 0.25) is 0 Å². The first-order valence-electron chi connectivity index (χ1n) is 11.6. The van der Waals surface area contributed by atoms with Crippen LogP contribution in [0.3, 0.4) is 0 Å². The molecule has 0 spiro atoms. The number of aromatic amines is 2. The van der Waals surface area contributed by atoms with Gasteiger partial charge in [0, 0.05) is 61.0 Å². The van der Waals surface area contributed by atoms with Crippen molar-refractivity contribution in [2.45, 2.75) is 0 Å². The Balaban J connectivity index is 1.29. The van der Waals surface area contributed by atoms with Crippen LogP contribution in [-0.4, -0.2) is 56.9 Å². The highest BCUT2D eigenvalue weighted by Gasteiger charge is 2.24. The molecule has 1 amide bonds. The number of hydrogen-bond donors (Lipinski definition) is 3. The summed E-state index contributed by atoms with van der Waals surface area (Å²) >= 11 is 0. The van der Waals surface area contributed by atoms with Crippen LogP contribution >= 0.6 is 0 Å². The molecule has 1 saturated heterocycles. The Kier molecular flexibility index (Phi) is 5.32. The number of rotatable bonds is 3. The smallest absolute Gasteiger partial charge is 0.276 e. The molecule has 0 unspecified atom stereocenters. The lowest BCUT2D eigenvalue weighted by Gasteiger charge is -2.35. The van der Waals surface area contributed by atoms with E-state index in [2.05, 4.69) is 24.8 Å². The van der Waals surface area contributed by atoms with E-state index < -0.39 is 17.2 Å². The summed E-state index contributed by atoms with van der Waals surface area (Å²) in [6, 6.07) is 12.6. The predicted octanol–water partition coefficient (Wildman–Crippen LogP) is 3.29. The number of nitrogens with two attached hydrogens (primary N) is 1. The number of nitrogens with zero attached hydrogens (tertiary/aromatic N) is 4. The van der Waals surface area contributed by atoms with E-state index >= 15 is 0 Å². The Morgan fingerprint density at radius 2 is 1.73 bits per heavy atom. The second-order valence-corrected chi connectivity index (χ2v) is 8.84. The Bertz CT molecular complexity index is 1720. The molecule has 37 heavy (non-hydrogen) atoms. The number of hydrogen-bond acceptors (Lipinski definition) is 6. The van der Waals surface area contributed by atoms with Gasteiger partial charge in [-0.2, -0.15) is 0 Å². The van der Waals surface area contributed by atoms with Gasteiger partial charge in [-0.15, -0.1) is 0 Å². The molecule has 0 atom stereocenters. The van der Waals surface area contributed by atoms with Gasteiger partial charge in [0.15, 0.2) is 17.3 Å². The van der Waals surface area contributed by atoms with Gasteiger partial charge in [-0.25, -0.2) is 18.7 Å². The first-order valence-corrected chi connectivity index (χ1v) is 11.6. The average Bonchev–Trinajstić information content (AvgIpc) is 3.25. The second kappa shape index (κ2) is 8.70. The van der Waals surface area contributed by atoms with Crippen molar-refractivity contribution in [2.75, 3.05) is 36.8 Å². The largest absolute Gasteiger partial charge is 0.396 e. The SMILES string of the molecule is Nc1c(-c2nc3cc(F)c(F)cc3[nH]c2=O)[nH]c2cc(C(=O)N3CCN(c4ccccn4)CC3)ccc12. The van der Waals surface area contributed by atoms with Crippen LogP contribution in [0, 0.1) is 11.6 Å². The number of H-pyrrole nitrogens is 2. The summed E-state index contributed by atoms with van der Waals surface area (Å²) in [5.41, 5.74) is 7.30. The Labute approximate surface area is 208 Å². The molecule has 186 valence electrons. The molecular formula is C26H21F2N7O2. The molecule has 1 fully saturated rings. The number of carbonyl (C=O) groups is 1. The zero-order valence-electron chi connectivity index (χ0n) is 19.5. The van der Waals surface area contributed by atoms with Crippen molar-refractivity contribution in [1.29, 1.82) is 0 Å². The van der Waals surface area contributed by atoms with E-state index in [9.17, 15) is 18.4 Å². The fourth-order valence-corrected chi connectivity index (χ4v) is 4.65. The highest BCUT2D eigenvalue weighted by molar-refractivity contribution is 6.04. The number of nitrogens with one attached hydrogen (secondary N) is 2. The number of carbonyl (C=O) groups excluding carboxylic acids is 1. The summed E-state index contributed by atoms with van der Waals surface area (Å²) in [6.45, 7) is 2.45. The highest BCUT2D eigenvalue weighted by Crippen LogP contribution is 2.32. The zero-order chi connectivity index (χ0) is 25.7. The fraction of sp³-hybridized carbons (Fsp3) is 0.154. The van der Waals surface area contributed by atoms with E-state index in [0.29, 0.717) is 42.6 Å². The lowest BCUT2D eigenvalue weighted by atomic mass is 10.1. The Morgan fingerprint density at radius 1 is 0.946 bits per heavy atom. The third-order valence-electron chi connectivity index (χ3n) is 6.60. The zero-order valence-corrected chi connectivity index (χ0v) is 19.5. The maximum Gasteiger partial charge on any atom is 0.276 e. The number of halogens is 2. The third kappa shape index (κ3) is 3.94. The molecule has 6 rings (SSSR count). The third-order valence-corrected chi connectivity index (χ3v) is 6.60. The molecule has 0 bridgehead atoms. The highest BCUT2D eigenvalue weighted by atomic mass is 19.2. The summed E-state index contributed by atoms with van der Waals surface area (Å²) in [7, 11) is 0. The van der Waals surface area contributed by atoms with Crippen LogP contribution in [0.15, 0.2) is 59.5 Å². The van der Waals surface area contributed by atoms with Gasteiger partial charge in [-0.1, -0.05) is 6.07 Å². The lowest BCUT2D eigenvalue weighted by molar-refractivity contribution is 0.0746. The minimum Gasteiger partial charge on any atom is -0.396 e. The van der Waals surface area contributed by atoms with Crippen molar-refractivity contribution in [3.63, 3.8) is 0 Å². The van der Waals surface area contributed by atoms with Crippen LogP contribution in [0.25, 0.3) is 33.3 Å². The molecule has 5 aromatic rings. The van der Waals surface area contributed by atoms with Gasteiger partial charge >= 0.3 is 0 Å². The molecule has 9 nitrogen and oxygen atoms in total. The van der Waals surface area contributed by atoms with Crippen molar-refractivity contribution in [2.24, 2.45) is 0 Å². The van der Waals surface area contributed by atoms with E-state index in [-0.39, 0.29) is 34.0 Å². The van der Waals surface area contributed by atoms with Crippen LogP contribution < -0.4 is 16.2 Å². The maximum atomic E-state index is 13.7. The number of pyridine rings is 1. The number of amides is 1. The van der Waals surface area contributed by atoms with E-state index in [1.54, 1.807) is 29.3 Å². The normalized spacial score (nSPS) is 14.0. The summed E-state index contributed by atoms with van der Waals surface area (Å²) in [5.74, 6) is -1.39. The van der Waals surface area contributed by atoms with Crippen LogP contribution in [0.5, 0.6) is 0 Å². The molecule has 4 N–H and O–H groups in total.